The van der Waals surface area contributed by atoms with Crippen LogP contribution in [-0.2, 0) is 6.18 Å². The second-order valence-corrected chi connectivity index (χ2v) is 8.99. The Labute approximate surface area is 226 Å². The van der Waals surface area contributed by atoms with Crippen molar-refractivity contribution in [2.45, 2.75) is 19.1 Å². The lowest BCUT2D eigenvalue weighted by molar-refractivity contribution is -0.137. The number of benzene rings is 3. The molecule has 0 radical (unpaired) electrons. The van der Waals surface area contributed by atoms with Crippen LogP contribution >= 0.6 is 23.2 Å². The van der Waals surface area contributed by atoms with E-state index in [2.05, 4.69) is 15.3 Å². The number of aromatic nitrogens is 2. The highest BCUT2D eigenvalue weighted by Gasteiger charge is 2.31. The molecule has 1 aromatic heterocycles. The second kappa shape index (κ2) is 11.2. The van der Waals surface area contributed by atoms with Crippen LogP contribution in [0.3, 0.4) is 0 Å². The van der Waals surface area contributed by atoms with Crippen LogP contribution in [0.25, 0.3) is 21.8 Å². The molecule has 0 unspecified atom stereocenters. The third kappa shape index (κ3) is 5.77. The summed E-state index contributed by atoms with van der Waals surface area (Å²) in [5.41, 5.74) is 0.959. The van der Waals surface area contributed by atoms with Gasteiger partial charge in [0.1, 0.15) is 5.69 Å². The Hall–Kier alpha value is -4.00. The lowest BCUT2D eigenvalue weighted by Crippen LogP contribution is -2.27. The molecule has 1 heterocycles. The van der Waals surface area contributed by atoms with Crippen molar-refractivity contribution >= 4 is 29.1 Å². The summed E-state index contributed by atoms with van der Waals surface area (Å²) in [6.07, 6.45) is -4.47. The van der Waals surface area contributed by atoms with Gasteiger partial charge in [-0.25, -0.2) is 11.3 Å². The highest BCUT2D eigenvalue weighted by molar-refractivity contribution is 6.32. The first-order valence-electron chi connectivity index (χ1n) is 11.2. The first-order chi connectivity index (χ1) is 18.1. The fourth-order valence-corrected chi connectivity index (χ4v) is 4.10. The number of alkyl halides is 3. The van der Waals surface area contributed by atoms with Crippen LogP contribution in [0.2, 0.25) is 10.0 Å². The highest BCUT2D eigenvalue weighted by Crippen LogP contribution is 2.38. The van der Waals surface area contributed by atoms with E-state index in [1.165, 1.54) is 16.8 Å². The second-order valence-electron chi connectivity index (χ2n) is 8.14. The molecule has 0 aliphatic rings. The van der Waals surface area contributed by atoms with Crippen molar-refractivity contribution < 1.29 is 22.7 Å². The van der Waals surface area contributed by atoms with Gasteiger partial charge in [0.15, 0.2) is 11.4 Å². The number of halogens is 5. The van der Waals surface area contributed by atoms with E-state index in [9.17, 15) is 18.0 Å². The molecule has 38 heavy (non-hydrogen) atoms. The molecule has 0 saturated heterocycles. The van der Waals surface area contributed by atoms with Gasteiger partial charge in [0, 0.05) is 10.6 Å². The van der Waals surface area contributed by atoms with E-state index in [-0.39, 0.29) is 18.2 Å². The fraction of sp³-hybridized carbons (Fsp3) is 0.148. The zero-order valence-electron chi connectivity index (χ0n) is 19.8. The average Bonchev–Trinajstić information content (AvgIpc) is 3.27. The van der Waals surface area contributed by atoms with Gasteiger partial charge in [-0.15, -0.1) is 0 Å². The standard InChI is InChI=1S/C27H19Cl2F3N4O2/c1-16(17-7-11-19(12-8-17)27(30,31)32)34-26(37)23-25(38-15-33-2)24(18-9-13-20(28)14-10-18)36(35-23)22-6-4-3-5-21(22)29/h3-14,16H,15H2,1H3,(H,34,37)/t16-/m1/s1. The Bertz CT molecular complexity index is 1490. The number of carbonyl (C=O) groups is 1. The molecule has 0 aliphatic heterocycles. The summed E-state index contributed by atoms with van der Waals surface area (Å²) < 4.78 is 46.0. The number of para-hydroxylation sites is 1. The van der Waals surface area contributed by atoms with Gasteiger partial charge in [-0.05, 0) is 48.9 Å². The molecule has 1 amide bonds. The summed E-state index contributed by atoms with van der Waals surface area (Å²) in [4.78, 5) is 16.7. The Kier molecular flexibility index (Phi) is 7.95. The van der Waals surface area contributed by atoms with E-state index in [1.54, 1.807) is 55.5 Å². The van der Waals surface area contributed by atoms with Gasteiger partial charge in [-0.2, -0.15) is 18.3 Å². The number of hydrogen-bond acceptors (Lipinski definition) is 3. The van der Waals surface area contributed by atoms with Crippen LogP contribution in [0.4, 0.5) is 13.2 Å². The molecule has 0 aliphatic carbocycles. The normalized spacial score (nSPS) is 12.0. The van der Waals surface area contributed by atoms with Gasteiger partial charge in [-0.3, -0.25) is 9.64 Å². The van der Waals surface area contributed by atoms with Crippen molar-refractivity contribution in [1.29, 1.82) is 0 Å². The predicted molar refractivity (Wildman–Crippen MR) is 138 cm³/mol. The third-order valence-electron chi connectivity index (χ3n) is 5.61. The Morgan fingerprint density at radius 1 is 1.08 bits per heavy atom. The van der Waals surface area contributed by atoms with Crippen LogP contribution in [0.15, 0.2) is 72.8 Å². The number of nitrogens with zero attached hydrogens (tertiary/aromatic N) is 3. The molecule has 0 spiro atoms. The van der Waals surface area contributed by atoms with Gasteiger partial charge in [0.25, 0.3) is 5.91 Å². The molecule has 0 bridgehead atoms. The van der Waals surface area contributed by atoms with Crippen molar-refractivity contribution in [3.05, 3.63) is 111 Å². The molecule has 4 rings (SSSR count). The zero-order valence-corrected chi connectivity index (χ0v) is 21.3. The van der Waals surface area contributed by atoms with E-state index >= 15 is 0 Å². The SMILES string of the molecule is [C-]#[N+]COc1c(C(=O)N[C@H](C)c2ccc(C(F)(F)F)cc2)nn(-c2ccccc2Cl)c1-c1ccc(Cl)cc1. The van der Waals surface area contributed by atoms with Gasteiger partial charge >= 0.3 is 12.9 Å². The minimum absolute atomic E-state index is 0.0420. The summed E-state index contributed by atoms with van der Waals surface area (Å²) in [7, 11) is 0. The number of amides is 1. The summed E-state index contributed by atoms with van der Waals surface area (Å²) in [6.45, 7) is 8.42. The molecule has 0 saturated carbocycles. The minimum Gasteiger partial charge on any atom is -0.421 e. The van der Waals surface area contributed by atoms with Crippen molar-refractivity contribution in [2.24, 2.45) is 0 Å². The molecule has 4 aromatic rings. The Balaban J connectivity index is 1.78. The molecular weight excluding hydrogens is 540 g/mol. The maximum Gasteiger partial charge on any atom is 0.416 e. The molecule has 0 fully saturated rings. The summed E-state index contributed by atoms with van der Waals surface area (Å²) >= 11 is 12.5. The summed E-state index contributed by atoms with van der Waals surface area (Å²) in [6, 6.07) is 17.4. The average molecular weight is 559 g/mol. The van der Waals surface area contributed by atoms with Gasteiger partial charge < -0.3 is 10.1 Å². The molecule has 11 heteroatoms. The smallest absolute Gasteiger partial charge is 0.416 e. The maximum atomic E-state index is 13.4. The topological polar surface area (TPSA) is 60.5 Å². The van der Waals surface area contributed by atoms with E-state index in [1.807, 2.05) is 0 Å². The first kappa shape index (κ1) is 27.0. The van der Waals surface area contributed by atoms with E-state index in [0.717, 1.165) is 12.1 Å². The van der Waals surface area contributed by atoms with Crippen molar-refractivity contribution in [3.8, 4) is 22.7 Å². The lowest BCUT2D eigenvalue weighted by Gasteiger charge is -2.15. The van der Waals surface area contributed by atoms with E-state index < -0.39 is 23.7 Å². The van der Waals surface area contributed by atoms with Crippen LogP contribution < -0.4 is 10.1 Å². The van der Waals surface area contributed by atoms with E-state index in [0.29, 0.717) is 32.6 Å². The van der Waals surface area contributed by atoms with Crippen LogP contribution in [0.1, 0.15) is 34.6 Å². The van der Waals surface area contributed by atoms with Crippen LogP contribution in [0, 0.1) is 6.57 Å². The molecular formula is C27H19Cl2F3N4O2. The highest BCUT2D eigenvalue weighted by atomic mass is 35.5. The van der Waals surface area contributed by atoms with E-state index in [4.69, 9.17) is 34.5 Å². The summed E-state index contributed by atoms with van der Waals surface area (Å²) in [5.74, 6) is -0.612. The maximum absolute atomic E-state index is 13.4. The fourth-order valence-electron chi connectivity index (χ4n) is 3.75. The first-order valence-corrected chi connectivity index (χ1v) is 11.9. The molecule has 6 nitrogen and oxygen atoms in total. The monoisotopic (exact) mass is 558 g/mol. The number of rotatable bonds is 7. The lowest BCUT2D eigenvalue weighted by atomic mass is 10.1. The quantitative estimate of drug-likeness (QED) is 0.237. The Morgan fingerprint density at radius 3 is 2.34 bits per heavy atom. The molecule has 3 aromatic carbocycles. The number of carbonyl (C=O) groups excluding carboxylic acids is 1. The predicted octanol–water partition coefficient (Wildman–Crippen LogP) is 7.61. The largest absolute Gasteiger partial charge is 0.421 e. The van der Waals surface area contributed by atoms with Gasteiger partial charge in [0.05, 0.1) is 22.3 Å². The minimum atomic E-state index is -4.47. The molecule has 1 N–H and O–H groups in total. The van der Waals surface area contributed by atoms with Crippen molar-refractivity contribution in [2.75, 3.05) is 6.73 Å². The number of ether oxygens (including phenoxy) is 1. The van der Waals surface area contributed by atoms with Gasteiger partial charge in [0.2, 0.25) is 0 Å². The zero-order chi connectivity index (χ0) is 27.4. The van der Waals surface area contributed by atoms with Crippen LogP contribution in [0.5, 0.6) is 5.75 Å². The number of nitrogens with one attached hydrogen (secondary N) is 1. The van der Waals surface area contributed by atoms with Crippen LogP contribution in [-0.4, -0.2) is 22.4 Å². The number of hydrogen-bond donors (Lipinski definition) is 1. The third-order valence-corrected chi connectivity index (χ3v) is 6.19. The van der Waals surface area contributed by atoms with Crippen molar-refractivity contribution in [1.82, 2.24) is 15.1 Å². The Morgan fingerprint density at radius 2 is 1.74 bits per heavy atom. The van der Waals surface area contributed by atoms with Gasteiger partial charge in [-0.1, -0.05) is 59.6 Å². The summed E-state index contributed by atoms with van der Waals surface area (Å²) in [5, 5.41) is 8.09. The van der Waals surface area contributed by atoms with Crippen molar-refractivity contribution in [3.63, 3.8) is 0 Å². The molecule has 194 valence electrons. The molecule has 1 atom stereocenters.